The summed E-state index contributed by atoms with van der Waals surface area (Å²) in [6.07, 6.45) is 7.47. The highest BCUT2D eigenvalue weighted by molar-refractivity contribution is 9.10. The number of hydrogen-bond donors (Lipinski definition) is 1. The quantitative estimate of drug-likeness (QED) is 0.336. The first-order chi connectivity index (χ1) is 20.7. The summed E-state index contributed by atoms with van der Waals surface area (Å²) in [7, 11) is 1.47. The number of likely N-dealkylation sites (tertiary alicyclic amines) is 1. The molecular formula is C34H35BrN2O6. The Hall–Kier alpha value is -3.46. The monoisotopic (exact) mass is 646 g/mol. The second kappa shape index (κ2) is 10.3. The summed E-state index contributed by atoms with van der Waals surface area (Å²) in [6.45, 7) is 1.82. The highest BCUT2D eigenvalue weighted by Gasteiger charge is 2.68. The van der Waals surface area contributed by atoms with Gasteiger partial charge in [0.05, 0.1) is 36.0 Å². The van der Waals surface area contributed by atoms with Crippen LogP contribution in [-0.4, -0.2) is 46.8 Å². The molecule has 2 aromatic rings. The smallest absolute Gasteiger partial charge is 0.241 e. The van der Waals surface area contributed by atoms with Crippen molar-refractivity contribution in [3.05, 3.63) is 64.1 Å². The van der Waals surface area contributed by atoms with Crippen LogP contribution in [0.25, 0.3) is 0 Å². The van der Waals surface area contributed by atoms with Crippen molar-refractivity contribution in [2.24, 2.45) is 29.1 Å². The van der Waals surface area contributed by atoms with Gasteiger partial charge in [0.2, 0.25) is 23.6 Å². The van der Waals surface area contributed by atoms with Crippen molar-refractivity contribution in [2.45, 2.75) is 63.8 Å². The second-order valence-electron chi connectivity index (χ2n) is 12.9. The summed E-state index contributed by atoms with van der Waals surface area (Å²) in [6, 6.07) is 12.3. The fraction of sp³-hybridized carbons (Fsp3) is 0.471. The van der Waals surface area contributed by atoms with Gasteiger partial charge in [-0.15, -0.1) is 0 Å². The van der Waals surface area contributed by atoms with Gasteiger partial charge in [-0.05, 0) is 62.8 Å². The van der Waals surface area contributed by atoms with Gasteiger partial charge in [0.15, 0.2) is 11.5 Å². The van der Waals surface area contributed by atoms with Gasteiger partial charge in [-0.25, -0.2) is 4.90 Å². The van der Waals surface area contributed by atoms with Crippen molar-refractivity contribution >= 4 is 45.2 Å². The SMILES string of the molecule is COc1cc(Br)cc([C@H]2C3=CC[C@@H]4C(=O)N(C5CCCCC5)C(=O)[C@@H]4[C@@H]3C[C@H]3C(=O)N(c4ccccc4)C(=O)[C@@]23C)c1O. The van der Waals surface area contributed by atoms with Gasteiger partial charge >= 0.3 is 0 Å². The molecule has 0 spiro atoms. The molecule has 2 saturated carbocycles. The van der Waals surface area contributed by atoms with E-state index in [-0.39, 0.29) is 47.6 Å². The van der Waals surface area contributed by atoms with Gasteiger partial charge in [-0.2, -0.15) is 0 Å². The number of hydrogen-bond acceptors (Lipinski definition) is 6. The number of carbonyl (C=O) groups is 4. The van der Waals surface area contributed by atoms with E-state index >= 15 is 0 Å². The largest absolute Gasteiger partial charge is 0.504 e. The number of halogens is 1. The van der Waals surface area contributed by atoms with Crippen LogP contribution < -0.4 is 9.64 Å². The molecule has 4 amide bonds. The fourth-order valence-electron chi connectivity index (χ4n) is 8.88. The van der Waals surface area contributed by atoms with Crippen LogP contribution in [0.1, 0.15) is 63.4 Å². The molecule has 5 aliphatic rings. The van der Waals surface area contributed by atoms with E-state index < -0.39 is 35.0 Å². The van der Waals surface area contributed by atoms with E-state index in [0.29, 0.717) is 22.1 Å². The number of phenols is 1. The maximum Gasteiger partial charge on any atom is 0.241 e. The molecule has 2 aromatic carbocycles. The van der Waals surface area contributed by atoms with Crippen LogP contribution in [0, 0.1) is 29.1 Å². The number of ether oxygens (including phenoxy) is 1. The first-order valence-electron chi connectivity index (χ1n) is 15.2. The molecule has 2 aliphatic heterocycles. The Kier molecular flexibility index (Phi) is 6.80. The summed E-state index contributed by atoms with van der Waals surface area (Å²) < 4.78 is 6.14. The van der Waals surface area contributed by atoms with Gasteiger partial charge in [0.25, 0.3) is 0 Å². The molecule has 9 heteroatoms. The lowest BCUT2D eigenvalue weighted by Gasteiger charge is -2.49. The maximum atomic E-state index is 14.5. The molecule has 4 fully saturated rings. The third kappa shape index (κ3) is 3.99. The minimum atomic E-state index is -1.24. The maximum absolute atomic E-state index is 14.5. The summed E-state index contributed by atoms with van der Waals surface area (Å²) in [5.41, 5.74) is 0.566. The summed E-state index contributed by atoms with van der Waals surface area (Å²) in [5.74, 6) is -3.69. The minimum absolute atomic E-state index is 0.0749. The normalized spacial score (nSPS) is 32.4. The van der Waals surface area contributed by atoms with Crippen LogP contribution in [0.15, 0.2) is 58.6 Å². The van der Waals surface area contributed by atoms with E-state index in [0.717, 1.165) is 37.7 Å². The zero-order chi connectivity index (χ0) is 30.2. The Morgan fingerprint density at radius 2 is 1.67 bits per heavy atom. The van der Waals surface area contributed by atoms with Crippen LogP contribution in [0.2, 0.25) is 0 Å². The number of rotatable bonds is 4. The van der Waals surface area contributed by atoms with Gasteiger partial charge < -0.3 is 9.84 Å². The second-order valence-corrected chi connectivity index (χ2v) is 13.8. The fourth-order valence-corrected chi connectivity index (χ4v) is 9.33. The molecule has 3 aliphatic carbocycles. The van der Waals surface area contributed by atoms with Crippen molar-refractivity contribution in [3.8, 4) is 11.5 Å². The molecule has 8 nitrogen and oxygen atoms in total. The molecule has 0 unspecified atom stereocenters. The van der Waals surface area contributed by atoms with E-state index in [2.05, 4.69) is 15.9 Å². The number of imide groups is 2. The van der Waals surface area contributed by atoms with Crippen LogP contribution in [-0.2, 0) is 19.2 Å². The Balaban J connectivity index is 1.39. The first-order valence-corrected chi connectivity index (χ1v) is 16.0. The molecular weight excluding hydrogens is 612 g/mol. The van der Waals surface area contributed by atoms with Gasteiger partial charge in [-0.3, -0.25) is 24.1 Å². The summed E-state index contributed by atoms with van der Waals surface area (Å²) >= 11 is 3.54. The predicted octanol–water partition coefficient (Wildman–Crippen LogP) is 5.73. The van der Waals surface area contributed by atoms with Crippen LogP contribution >= 0.6 is 15.9 Å². The number of allylic oxidation sites excluding steroid dienone is 2. The van der Waals surface area contributed by atoms with E-state index in [1.807, 2.05) is 19.1 Å². The molecule has 0 radical (unpaired) electrons. The van der Waals surface area contributed by atoms with E-state index in [1.165, 1.54) is 12.0 Å². The number of benzene rings is 2. The van der Waals surface area contributed by atoms with Gasteiger partial charge in [0, 0.05) is 22.0 Å². The van der Waals surface area contributed by atoms with E-state index in [4.69, 9.17) is 4.74 Å². The lowest BCUT2D eigenvalue weighted by Crippen LogP contribution is -2.49. The van der Waals surface area contributed by atoms with Crippen LogP contribution in [0.4, 0.5) is 5.69 Å². The standard InChI is InChI=1S/C34H35BrN2O6/c1-34-25(31(40)37(33(34)42)20-11-7-4-8-12-20)17-23-21(28(34)24-15-18(35)16-26(43-2)29(24)38)13-14-22-27(23)32(41)36(30(22)39)19-9-5-3-6-10-19/h4,7-8,11-13,15-16,19,22-23,25,27-28,38H,3,5-6,9-10,14,17H2,1-2H3/t22-,23+,25-,27-,28+,34+/m0/s1. The number of para-hydroxylation sites is 1. The highest BCUT2D eigenvalue weighted by atomic mass is 79.9. The van der Waals surface area contributed by atoms with Gasteiger partial charge in [0.1, 0.15) is 0 Å². The van der Waals surface area contributed by atoms with Crippen molar-refractivity contribution in [1.82, 2.24) is 4.90 Å². The number of methoxy groups -OCH3 is 1. The zero-order valence-corrected chi connectivity index (χ0v) is 25.9. The third-order valence-electron chi connectivity index (χ3n) is 10.9. The topological polar surface area (TPSA) is 104 Å². The Bertz CT molecular complexity index is 1570. The van der Waals surface area contributed by atoms with Crippen molar-refractivity contribution < 1.29 is 29.0 Å². The number of amides is 4. The predicted molar refractivity (Wildman–Crippen MR) is 162 cm³/mol. The third-order valence-corrected chi connectivity index (χ3v) is 11.3. The lowest BCUT2D eigenvalue weighted by atomic mass is 9.51. The van der Waals surface area contributed by atoms with Crippen molar-refractivity contribution in [3.63, 3.8) is 0 Å². The summed E-state index contributed by atoms with van der Waals surface area (Å²) in [5, 5.41) is 11.5. The molecule has 43 heavy (non-hydrogen) atoms. The molecule has 2 saturated heterocycles. The van der Waals surface area contributed by atoms with Gasteiger partial charge in [-0.1, -0.05) is 65.0 Å². The van der Waals surface area contributed by atoms with E-state index in [1.54, 1.807) is 41.3 Å². The van der Waals surface area contributed by atoms with Crippen LogP contribution in [0.5, 0.6) is 11.5 Å². The molecule has 224 valence electrons. The molecule has 0 aromatic heterocycles. The van der Waals surface area contributed by atoms with E-state index in [9.17, 15) is 24.3 Å². The minimum Gasteiger partial charge on any atom is -0.504 e. The molecule has 0 bridgehead atoms. The number of nitrogens with zero attached hydrogens (tertiary/aromatic N) is 2. The van der Waals surface area contributed by atoms with Crippen LogP contribution in [0.3, 0.4) is 0 Å². The highest BCUT2D eigenvalue weighted by Crippen LogP contribution is 2.65. The number of fused-ring (bicyclic) bond motifs is 4. The first kappa shape index (κ1) is 28.3. The van der Waals surface area contributed by atoms with Crippen molar-refractivity contribution in [2.75, 3.05) is 12.0 Å². The lowest BCUT2D eigenvalue weighted by molar-refractivity contribution is -0.144. The van der Waals surface area contributed by atoms with Crippen molar-refractivity contribution in [1.29, 1.82) is 0 Å². The average molecular weight is 648 g/mol. The molecule has 1 N–H and O–H groups in total. The summed E-state index contributed by atoms with van der Waals surface area (Å²) in [4.78, 5) is 59.6. The number of anilines is 1. The average Bonchev–Trinajstić information content (AvgIpc) is 3.38. The molecule has 6 atom stereocenters. The molecule has 7 rings (SSSR count). The number of aromatic hydroxyl groups is 1. The zero-order valence-electron chi connectivity index (χ0n) is 24.3. The Morgan fingerprint density at radius 1 is 0.953 bits per heavy atom. The Labute approximate surface area is 259 Å². The number of phenolic OH excluding ortho intramolecular Hbond substituents is 1. The molecule has 2 heterocycles. The Morgan fingerprint density at radius 3 is 2.37 bits per heavy atom. The number of carbonyl (C=O) groups excluding carboxylic acids is 4.